The van der Waals surface area contributed by atoms with Gasteiger partial charge in [0.2, 0.25) is 0 Å². The average molecular weight is 1130 g/mol. The fraction of sp³-hybridized carbons (Fsp3) is 0.150. The molecule has 0 aliphatic carbocycles. The van der Waals surface area contributed by atoms with Gasteiger partial charge in [-0.2, -0.15) is 10.2 Å². The molecule has 14 aromatic rings. The van der Waals surface area contributed by atoms with Crippen LogP contribution in [0.2, 0.25) is 0 Å². The van der Waals surface area contributed by atoms with Gasteiger partial charge in [-0.1, -0.05) is 176 Å². The van der Waals surface area contributed by atoms with Crippen molar-refractivity contribution < 1.29 is 0 Å². The Labute approximate surface area is 510 Å². The maximum atomic E-state index is 5.05. The molecule has 0 fully saturated rings. The second-order valence-corrected chi connectivity index (χ2v) is 23.0. The summed E-state index contributed by atoms with van der Waals surface area (Å²) in [6.45, 7) is 2.93. The predicted octanol–water partition coefficient (Wildman–Crippen LogP) is 20.4. The van der Waals surface area contributed by atoms with E-state index in [0.29, 0.717) is 0 Å². The van der Waals surface area contributed by atoms with Crippen LogP contribution in [-0.2, 0) is 38.9 Å². The van der Waals surface area contributed by atoms with Crippen molar-refractivity contribution in [2.24, 2.45) is 10.2 Å². The monoisotopic (exact) mass is 1130 g/mol. The second-order valence-electron chi connectivity index (χ2n) is 23.0. The predicted molar refractivity (Wildman–Crippen MR) is 369 cm³/mol. The van der Waals surface area contributed by atoms with Crippen molar-refractivity contribution in [1.29, 1.82) is 0 Å². The fourth-order valence-corrected chi connectivity index (χ4v) is 13.2. The van der Waals surface area contributed by atoms with Crippen LogP contribution >= 0.6 is 0 Å². The summed E-state index contributed by atoms with van der Waals surface area (Å²) in [6, 6.07) is 98.2. The van der Waals surface area contributed by atoms with Crippen LogP contribution in [0.25, 0.3) is 65.4 Å². The first-order valence-corrected chi connectivity index (χ1v) is 31.2. The zero-order valence-electron chi connectivity index (χ0n) is 49.3. The molecule has 0 spiro atoms. The molecule has 14 rings (SSSR count). The highest BCUT2D eigenvalue weighted by molar-refractivity contribution is 6.11. The van der Waals surface area contributed by atoms with E-state index in [9.17, 15) is 0 Å². The van der Waals surface area contributed by atoms with Crippen LogP contribution in [0.5, 0.6) is 0 Å². The highest BCUT2D eigenvalue weighted by Gasteiger charge is 2.16. The van der Waals surface area contributed by atoms with E-state index in [1.165, 1.54) is 82.1 Å². The molecule has 0 bridgehead atoms. The molecule has 0 unspecified atom stereocenters. The summed E-state index contributed by atoms with van der Waals surface area (Å²) in [4.78, 5) is 0. The van der Waals surface area contributed by atoms with E-state index in [2.05, 4.69) is 262 Å². The number of hydrogen-bond donors (Lipinski definition) is 0. The number of benzene rings is 11. The van der Waals surface area contributed by atoms with Crippen LogP contribution in [0.15, 0.2) is 283 Å². The largest absolute Gasteiger partial charge is 0.340 e. The molecule has 0 N–H and O–H groups in total. The van der Waals surface area contributed by atoms with E-state index in [-0.39, 0.29) is 0 Å². The molecule has 0 saturated carbocycles. The van der Waals surface area contributed by atoms with Crippen LogP contribution in [0, 0.1) is 0 Å². The lowest BCUT2D eigenvalue weighted by Gasteiger charge is -2.19. The molecule has 3 aromatic heterocycles. The van der Waals surface area contributed by atoms with Crippen molar-refractivity contribution in [2.45, 2.75) is 77.4 Å². The lowest BCUT2D eigenvalue weighted by atomic mass is 9.94. The van der Waals surface area contributed by atoms with E-state index in [1.807, 2.05) is 46.7 Å². The maximum absolute atomic E-state index is 5.05. The van der Waals surface area contributed by atoms with Gasteiger partial charge in [-0.05, 0) is 183 Å². The zero-order valence-corrected chi connectivity index (χ0v) is 49.3. The van der Waals surface area contributed by atoms with Crippen molar-refractivity contribution in [3.63, 3.8) is 0 Å². The van der Waals surface area contributed by atoms with Crippen molar-refractivity contribution in [1.82, 2.24) is 13.7 Å². The molecular weight excluding hydrogens is 1060 g/mol. The minimum atomic E-state index is 0.961. The second kappa shape index (κ2) is 25.5. The number of rotatable bonds is 23. The van der Waals surface area contributed by atoms with Crippen LogP contribution in [0.4, 0.5) is 22.7 Å². The number of nitrogens with zero attached hydrogens (tertiary/aromatic N) is 7. The van der Waals surface area contributed by atoms with Crippen molar-refractivity contribution in [3.8, 4) is 0 Å². The summed E-state index contributed by atoms with van der Waals surface area (Å²) in [6.07, 6.45) is 13.9. The molecule has 0 aliphatic heterocycles. The molecule has 426 valence electrons. The number of aromatic nitrogens is 3. The number of aryl methyl sites for hydroxylation is 6. The third-order valence-corrected chi connectivity index (χ3v) is 17.4. The van der Waals surface area contributed by atoms with Crippen LogP contribution in [-0.4, -0.2) is 26.1 Å². The van der Waals surface area contributed by atoms with Gasteiger partial charge in [0, 0.05) is 85.1 Å². The summed E-state index contributed by atoms with van der Waals surface area (Å²) in [5.74, 6) is 0. The summed E-state index contributed by atoms with van der Waals surface area (Å²) >= 11 is 0. The minimum Gasteiger partial charge on any atom is -0.340 e. The van der Waals surface area contributed by atoms with Gasteiger partial charge >= 0.3 is 0 Å². The molecule has 0 aliphatic rings. The van der Waals surface area contributed by atoms with E-state index in [0.717, 1.165) is 111 Å². The number of hydrogen-bond acceptors (Lipinski definition) is 4. The Balaban J connectivity index is 0.673. The topological polar surface area (TPSA) is 46.0 Å². The van der Waals surface area contributed by atoms with Gasteiger partial charge in [0.05, 0.1) is 35.2 Å². The van der Waals surface area contributed by atoms with Gasteiger partial charge in [0.25, 0.3) is 0 Å². The standard InChI is InChI=1S/C80H71N7/c1-5-30-65(31-6-1)86(66-32-7-2-8-33-66)81-58-61-47-50-79-73(56-61)71-40-15-19-44-77(71)84(79)52-24-21-27-60-46-49-63(64(55-60)29-23-26-53-83-75-42-17-13-38-69(75)70-39-14-18-43-76(70)83)28-22-25-54-85-78-45-20-16-41-72(78)74-57-62(48-51-80(74)85)59-82-87(67-34-9-3-10-35-67)68-36-11-4-12-37-68/h1-20,30-51,55-59H,21-29,52-54H2. The Morgan fingerprint density at radius 3 is 0.977 bits per heavy atom. The van der Waals surface area contributed by atoms with E-state index >= 15 is 0 Å². The van der Waals surface area contributed by atoms with Crippen LogP contribution < -0.4 is 10.0 Å². The first-order chi connectivity index (χ1) is 43.2. The number of fused-ring (bicyclic) bond motifs is 9. The molecule has 7 heteroatoms. The molecule has 11 aromatic carbocycles. The number of hydrazone groups is 2. The Morgan fingerprint density at radius 1 is 0.264 bits per heavy atom. The Morgan fingerprint density at radius 2 is 0.586 bits per heavy atom. The molecular formula is C80H71N7. The quantitative estimate of drug-likeness (QED) is 0.0364. The van der Waals surface area contributed by atoms with Crippen molar-refractivity contribution in [2.75, 3.05) is 10.0 Å². The smallest absolute Gasteiger partial charge is 0.0652 e. The fourth-order valence-electron chi connectivity index (χ4n) is 13.2. The summed E-state index contributed by atoms with van der Waals surface area (Å²) < 4.78 is 7.63. The molecule has 0 atom stereocenters. The van der Waals surface area contributed by atoms with Gasteiger partial charge in [-0.3, -0.25) is 0 Å². The summed E-state index contributed by atoms with van der Waals surface area (Å²) in [7, 11) is 0. The van der Waals surface area contributed by atoms with Crippen molar-refractivity contribution in [3.05, 3.63) is 301 Å². The first-order valence-electron chi connectivity index (χ1n) is 31.2. The lowest BCUT2D eigenvalue weighted by Crippen LogP contribution is -2.09. The van der Waals surface area contributed by atoms with E-state index in [1.54, 1.807) is 0 Å². The molecule has 87 heavy (non-hydrogen) atoms. The molecule has 7 nitrogen and oxygen atoms in total. The van der Waals surface area contributed by atoms with Crippen LogP contribution in [0.1, 0.15) is 66.3 Å². The van der Waals surface area contributed by atoms with E-state index < -0.39 is 0 Å². The maximum Gasteiger partial charge on any atom is 0.0652 e. The van der Waals surface area contributed by atoms with Crippen LogP contribution in [0.3, 0.4) is 0 Å². The molecule has 0 amide bonds. The zero-order chi connectivity index (χ0) is 58.1. The summed E-state index contributed by atoms with van der Waals surface area (Å²) in [5.41, 5.74) is 18.5. The van der Waals surface area contributed by atoms with Gasteiger partial charge < -0.3 is 13.7 Å². The number of unbranched alkanes of at least 4 members (excludes halogenated alkanes) is 3. The molecule has 0 saturated heterocycles. The van der Waals surface area contributed by atoms with Gasteiger partial charge in [0.1, 0.15) is 0 Å². The van der Waals surface area contributed by atoms with E-state index in [4.69, 9.17) is 10.2 Å². The van der Waals surface area contributed by atoms with Gasteiger partial charge in [0.15, 0.2) is 0 Å². The normalized spacial score (nSPS) is 11.9. The molecule has 0 radical (unpaired) electrons. The van der Waals surface area contributed by atoms with Crippen molar-refractivity contribution >= 4 is 101 Å². The van der Waals surface area contributed by atoms with Gasteiger partial charge in [-0.25, -0.2) is 10.0 Å². The third kappa shape index (κ3) is 11.7. The Kier molecular flexibility index (Phi) is 16.1. The third-order valence-electron chi connectivity index (χ3n) is 17.4. The minimum absolute atomic E-state index is 0.961. The highest BCUT2D eigenvalue weighted by Crippen LogP contribution is 2.35. The Bertz CT molecular complexity index is 4580. The highest BCUT2D eigenvalue weighted by atomic mass is 15.5. The number of para-hydroxylation sites is 8. The first kappa shape index (κ1) is 54.7. The molecule has 3 heterocycles. The average Bonchev–Trinajstić information content (AvgIpc) is 2.21. The lowest BCUT2D eigenvalue weighted by molar-refractivity contribution is 0.621. The number of anilines is 4. The summed E-state index contributed by atoms with van der Waals surface area (Å²) in [5, 5.41) is 21.9. The SMILES string of the molecule is C(=NN(c1ccccc1)c1ccccc1)c1ccc2c(c1)c1ccccc1n2CCCCc1ccc(CCCCn2c3ccccc3c3cc(C=NN(c4ccccc4)c4ccccc4)ccc32)c(CCCCn2c3ccccc3c3ccccc32)c1. The van der Waals surface area contributed by atoms with Gasteiger partial charge in [-0.15, -0.1) is 0 Å². The Hall–Kier alpha value is -10.2.